The monoisotopic (exact) mass is 338 g/mol. The Bertz CT molecular complexity index is 611. The van der Waals surface area contributed by atoms with Gasteiger partial charge in [0, 0.05) is 6.54 Å². The SMILES string of the molecule is CCCCS(=O)(=O)Nc1ccc(NCCC2=CCCCC2)nn1. The zero-order valence-electron chi connectivity index (χ0n) is 13.7. The molecule has 2 N–H and O–H groups in total. The number of sulfonamides is 1. The van der Waals surface area contributed by atoms with Gasteiger partial charge in [-0.1, -0.05) is 25.0 Å². The van der Waals surface area contributed by atoms with Gasteiger partial charge in [0.1, 0.15) is 5.82 Å². The lowest BCUT2D eigenvalue weighted by atomic mass is 9.97. The summed E-state index contributed by atoms with van der Waals surface area (Å²) in [6.07, 6.45) is 9.83. The van der Waals surface area contributed by atoms with Gasteiger partial charge in [-0.05, 0) is 50.7 Å². The Kier molecular flexibility index (Phi) is 6.83. The molecule has 128 valence electrons. The van der Waals surface area contributed by atoms with Crippen LogP contribution in [0.25, 0.3) is 0 Å². The van der Waals surface area contributed by atoms with Crippen LogP contribution < -0.4 is 10.0 Å². The van der Waals surface area contributed by atoms with E-state index in [1.54, 1.807) is 12.1 Å². The lowest BCUT2D eigenvalue weighted by Crippen LogP contribution is -2.17. The predicted octanol–water partition coefficient (Wildman–Crippen LogP) is 3.32. The molecule has 23 heavy (non-hydrogen) atoms. The van der Waals surface area contributed by atoms with Gasteiger partial charge in [-0.15, -0.1) is 10.2 Å². The van der Waals surface area contributed by atoms with Gasteiger partial charge in [-0.3, -0.25) is 4.72 Å². The molecule has 0 amide bonds. The molecule has 0 unspecified atom stereocenters. The molecular formula is C16H26N4O2S. The first-order chi connectivity index (χ1) is 11.1. The van der Waals surface area contributed by atoms with E-state index in [-0.39, 0.29) is 11.6 Å². The highest BCUT2D eigenvalue weighted by atomic mass is 32.2. The van der Waals surface area contributed by atoms with E-state index in [2.05, 4.69) is 26.3 Å². The van der Waals surface area contributed by atoms with Crippen LogP contribution in [0.2, 0.25) is 0 Å². The molecule has 1 heterocycles. The van der Waals surface area contributed by atoms with Gasteiger partial charge >= 0.3 is 0 Å². The third-order valence-electron chi connectivity index (χ3n) is 3.83. The summed E-state index contributed by atoms with van der Waals surface area (Å²) in [5, 5.41) is 11.2. The highest BCUT2D eigenvalue weighted by Crippen LogP contribution is 2.20. The van der Waals surface area contributed by atoms with Gasteiger partial charge in [-0.2, -0.15) is 0 Å². The van der Waals surface area contributed by atoms with E-state index >= 15 is 0 Å². The Balaban J connectivity index is 1.78. The van der Waals surface area contributed by atoms with Crippen LogP contribution in [0.4, 0.5) is 11.6 Å². The van der Waals surface area contributed by atoms with Crippen LogP contribution >= 0.6 is 0 Å². The number of unbranched alkanes of at least 4 members (excludes halogenated alkanes) is 1. The summed E-state index contributed by atoms with van der Waals surface area (Å²) in [5.41, 5.74) is 1.51. The van der Waals surface area contributed by atoms with Crippen LogP contribution in [-0.4, -0.2) is 30.9 Å². The summed E-state index contributed by atoms with van der Waals surface area (Å²) in [6.45, 7) is 2.78. The van der Waals surface area contributed by atoms with Gasteiger partial charge in [0.05, 0.1) is 5.75 Å². The summed E-state index contributed by atoms with van der Waals surface area (Å²) < 4.78 is 26.0. The minimum absolute atomic E-state index is 0.111. The number of hydrogen-bond donors (Lipinski definition) is 2. The van der Waals surface area contributed by atoms with Crippen molar-refractivity contribution >= 4 is 21.7 Å². The molecule has 0 fully saturated rings. The van der Waals surface area contributed by atoms with Gasteiger partial charge < -0.3 is 5.32 Å². The molecule has 0 radical (unpaired) electrons. The van der Waals surface area contributed by atoms with Gasteiger partial charge in [0.25, 0.3) is 0 Å². The molecule has 0 aliphatic heterocycles. The second kappa shape index (κ2) is 8.86. The molecule has 1 aliphatic rings. The van der Waals surface area contributed by atoms with Crippen molar-refractivity contribution in [2.75, 3.05) is 22.3 Å². The minimum atomic E-state index is -3.32. The summed E-state index contributed by atoms with van der Waals surface area (Å²) in [4.78, 5) is 0. The molecule has 7 heteroatoms. The second-order valence-electron chi connectivity index (χ2n) is 5.86. The number of hydrogen-bond acceptors (Lipinski definition) is 5. The quantitative estimate of drug-likeness (QED) is 0.675. The van der Waals surface area contributed by atoms with Crippen LogP contribution in [0.3, 0.4) is 0 Å². The molecule has 0 atom stereocenters. The van der Waals surface area contributed by atoms with Crippen molar-refractivity contribution in [3.8, 4) is 0 Å². The van der Waals surface area contributed by atoms with Crippen LogP contribution in [0.1, 0.15) is 51.9 Å². The number of aromatic nitrogens is 2. The number of nitrogens with zero attached hydrogens (tertiary/aromatic N) is 2. The first kappa shape index (κ1) is 17.7. The molecule has 0 aromatic carbocycles. The molecule has 1 aromatic heterocycles. The van der Waals surface area contributed by atoms with Crippen LogP contribution in [0, 0.1) is 0 Å². The Hall–Kier alpha value is -1.63. The fourth-order valence-electron chi connectivity index (χ4n) is 2.51. The van der Waals surface area contributed by atoms with E-state index < -0.39 is 10.0 Å². The van der Waals surface area contributed by atoms with E-state index in [4.69, 9.17) is 0 Å². The number of rotatable bonds is 9. The van der Waals surface area contributed by atoms with Gasteiger partial charge in [-0.25, -0.2) is 8.42 Å². The smallest absolute Gasteiger partial charge is 0.233 e. The van der Waals surface area contributed by atoms with Crippen LogP contribution in [-0.2, 0) is 10.0 Å². The highest BCUT2D eigenvalue weighted by Gasteiger charge is 2.10. The van der Waals surface area contributed by atoms with Crippen molar-refractivity contribution in [1.82, 2.24) is 10.2 Å². The first-order valence-corrected chi connectivity index (χ1v) is 10.0. The lowest BCUT2D eigenvalue weighted by Gasteiger charge is -2.13. The standard InChI is InChI=1S/C16H26N4O2S/c1-2-3-13-23(21,22)20-16-10-9-15(18-19-16)17-12-11-14-7-5-4-6-8-14/h7,9-10H,2-6,8,11-13H2,1H3,(H,17,18)(H,19,20). The third-order valence-corrected chi connectivity index (χ3v) is 5.17. The summed E-state index contributed by atoms with van der Waals surface area (Å²) in [5.74, 6) is 1.04. The Morgan fingerprint density at radius 1 is 1.17 bits per heavy atom. The molecule has 6 nitrogen and oxygen atoms in total. The van der Waals surface area contributed by atoms with Gasteiger partial charge in [0.15, 0.2) is 5.82 Å². The minimum Gasteiger partial charge on any atom is -0.368 e. The zero-order chi connectivity index (χ0) is 16.5. The Labute approximate surface area is 138 Å². The summed E-state index contributed by atoms with van der Waals surface area (Å²) >= 11 is 0. The van der Waals surface area contributed by atoms with Crippen LogP contribution in [0.15, 0.2) is 23.8 Å². The molecule has 0 saturated heterocycles. The van der Waals surface area contributed by atoms with E-state index in [0.29, 0.717) is 12.2 Å². The average Bonchev–Trinajstić information content (AvgIpc) is 2.55. The highest BCUT2D eigenvalue weighted by molar-refractivity contribution is 7.92. The van der Waals surface area contributed by atoms with Crippen molar-refractivity contribution in [2.45, 2.75) is 51.9 Å². The Morgan fingerprint density at radius 2 is 1.96 bits per heavy atom. The number of anilines is 2. The van der Waals surface area contributed by atoms with Crippen molar-refractivity contribution < 1.29 is 8.42 Å². The predicted molar refractivity (Wildman–Crippen MR) is 94.0 cm³/mol. The number of allylic oxidation sites excluding steroid dienone is 1. The maximum atomic E-state index is 11.8. The van der Waals surface area contributed by atoms with Crippen LogP contribution in [0.5, 0.6) is 0 Å². The molecule has 2 rings (SSSR count). The zero-order valence-corrected chi connectivity index (χ0v) is 14.5. The van der Waals surface area contributed by atoms with Crippen molar-refractivity contribution in [3.05, 3.63) is 23.8 Å². The number of nitrogens with one attached hydrogen (secondary N) is 2. The van der Waals surface area contributed by atoms with Gasteiger partial charge in [0.2, 0.25) is 10.0 Å². The molecular weight excluding hydrogens is 312 g/mol. The molecule has 1 aromatic rings. The lowest BCUT2D eigenvalue weighted by molar-refractivity contribution is 0.597. The second-order valence-corrected chi connectivity index (χ2v) is 7.71. The van der Waals surface area contributed by atoms with Crippen molar-refractivity contribution in [1.29, 1.82) is 0 Å². The van der Waals surface area contributed by atoms with E-state index in [0.717, 1.165) is 19.4 Å². The van der Waals surface area contributed by atoms with E-state index in [1.807, 2.05) is 6.92 Å². The third kappa shape index (κ3) is 6.56. The maximum absolute atomic E-state index is 11.8. The fraction of sp³-hybridized carbons (Fsp3) is 0.625. The first-order valence-electron chi connectivity index (χ1n) is 8.35. The largest absolute Gasteiger partial charge is 0.368 e. The summed E-state index contributed by atoms with van der Waals surface area (Å²) in [6, 6.07) is 3.39. The fourth-order valence-corrected chi connectivity index (χ4v) is 3.71. The topological polar surface area (TPSA) is 84.0 Å². The molecule has 1 aliphatic carbocycles. The molecule has 0 saturated carbocycles. The normalized spacial score (nSPS) is 15.1. The average molecular weight is 338 g/mol. The van der Waals surface area contributed by atoms with E-state index in [1.165, 1.54) is 31.3 Å². The maximum Gasteiger partial charge on any atom is 0.233 e. The molecule has 0 bridgehead atoms. The van der Waals surface area contributed by atoms with E-state index in [9.17, 15) is 8.42 Å². The summed E-state index contributed by atoms with van der Waals surface area (Å²) in [7, 11) is -3.32. The molecule has 0 spiro atoms. The van der Waals surface area contributed by atoms with Crippen molar-refractivity contribution in [3.63, 3.8) is 0 Å². The Morgan fingerprint density at radius 3 is 2.61 bits per heavy atom. The van der Waals surface area contributed by atoms with Crippen molar-refractivity contribution in [2.24, 2.45) is 0 Å².